The lowest BCUT2D eigenvalue weighted by molar-refractivity contribution is 1.63. The van der Waals surface area contributed by atoms with Crippen LogP contribution >= 0.6 is 11.6 Å². The van der Waals surface area contributed by atoms with Gasteiger partial charge in [-0.1, -0.05) is 79.3 Å². The van der Waals surface area contributed by atoms with E-state index in [0.717, 1.165) is 5.02 Å². The standard InChI is InChI=1S/C20H17ClSi/c1-22(2)19-12-15(14-6-4-3-5-7-14)8-10-17(19)18-11-9-16(21)13-20(18)22/h3-13H,1-2H3. The first kappa shape index (κ1) is 13.8. The van der Waals surface area contributed by atoms with Gasteiger partial charge in [-0.05, 0) is 44.8 Å². The first-order valence-corrected chi connectivity index (χ1v) is 11.0. The first-order valence-electron chi connectivity index (χ1n) is 7.58. The molecule has 2 heteroatoms. The summed E-state index contributed by atoms with van der Waals surface area (Å²) in [6.07, 6.45) is 0. The molecule has 4 rings (SSSR count). The van der Waals surface area contributed by atoms with E-state index in [9.17, 15) is 0 Å². The molecule has 0 fully saturated rings. The molecule has 0 aliphatic carbocycles. The molecule has 22 heavy (non-hydrogen) atoms. The van der Waals surface area contributed by atoms with Gasteiger partial charge in [0.1, 0.15) is 8.07 Å². The van der Waals surface area contributed by atoms with Gasteiger partial charge in [0.2, 0.25) is 0 Å². The second kappa shape index (κ2) is 4.84. The maximum absolute atomic E-state index is 6.24. The third kappa shape index (κ3) is 1.97. The van der Waals surface area contributed by atoms with Gasteiger partial charge in [-0.15, -0.1) is 0 Å². The van der Waals surface area contributed by atoms with Gasteiger partial charge in [0.15, 0.2) is 0 Å². The van der Waals surface area contributed by atoms with E-state index in [2.05, 4.69) is 73.8 Å². The molecule has 108 valence electrons. The number of benzene rings is 3. The van der Waals surface area contributed by atoms with Crippen LogP contribution in [-0.2, 0) is 0 Å². The van der Waals surface area contributed by atoms with E-state index in [1.54, 1.807) is 0 Å². The fourth-order valence-corrected chi connectivity index (χ4v) is 6.89. The summed E-state index contributed by atoms with van der Waals surface area (Å²) in [5.41, 5.74) is 5.35. The van der Waals surface area contributed by atoms with Crippen molar-refractivity contribution in [2.75, 3.05) is 0 Å². The van der Waals surface area contributed by atoms with Crippen molar-refractivity contribution < 1.29 is 0 Å². The Morgan fingerprint density at radius 2 is 1.32 bits per heavy atom. The second-order valence-corrected chi connectivity index (χ2v) is 11.2. The Balaban J connectivity index is 1.93. The minimum Gasteiger partial charge on any atom is -0.0843 e. The Kier molecular flexibility index (Phi) is 3.03. The molecule has 0 aromatic heterocycles. The molecule has 0 unspecified atom stereocenters. The van der Waals surface area contributed by atoms with E-state index in [4.69, 9.17) is 11.6 Å². The largest absolute Gasteiger partial charge is 0.113 e. The topological polar surface area (TPSA) is 0 Å². The van der Waals surface area contributed by atoms with E-state index in [0.29, 0.717) is 0 Å². The summed E-state index contributed by atoms with van der Waals surface area (Å²) in [6.45, 7) is 4.84. The van der Waals surface area contributed by atoms with E-state index in [-0.39, 0.29) is 0 Å². The molecule has 0 bridgehead atoms. The maximum Gasteiger partial charge on any atom is 0.113 e. The summed E-state index contributed by atoms with van der Waals surface area (Å²) in [6, 6.07) is 23.9. The van der Waals surface area contributed by atoms with Gasteiger partial charge in [0, 0.05) is 5.02 Å². The Morgan fingerprint density at radius 1 is 0.682 bits per heavy atom. The highest BCUT2D eigenvalue weighted by Crippen LogP contribution is 2.32. The van der Waals surface area contributed by atoms with Gasteiger partial charge in [-0.3, -0.25) is 0 Å². The molecule has 0 amide bonds. The zero-order valence-corrected chi connectivity index (χ0v) is 14.5. The van der Waals surface area contributed by atoms with Crippen molar-refractivity contribution in [3.8, 4) is 22.3 Å². The predicted octanol–water partition coefficient (Wildman–Crippen LogP) is 4.81. The van der Waals surface area contributed by atoms with Gasteiger partial charge in [0.25, 0.3) is 0 Å². The molecule has 0 saturated carbocycles. The predicted molar refractivity (Wildman–Crippen MR) is 99.1 cm³/mol. The van der Waals surface area contributed by atoms with Crippen LogP contribution in [0.15, 0.2) is 66.7 Å². The van der Waals surface area contributed by atoms with Crippen LogP contribution < -0.4 is 10.4 Å². The van der Waals surface area contributed by atoms with E-state index in [1.165, 1.54) is 32.6 Å². The Labute approximate surface area is 137 Å². The number of halogens is 1. The van der Waals surface area contributed by atoms with Crippen molar-refractivity contribution in [3.05, 3.63) is 71.8 Å². The summed E-state index contributed by atoms with van der Waals surface area (Å²) in [5.74, 6) is 0. The number of fused-ring (bicyclic) bond motifs is 3. The van der Waals surface area contributed by atoms with E-state index >= 15 is 0 Å². The maximum atomic E-state index is 6.24. The van der Waals surface area contributed by atoms with Gasteiger partial charge in [-0.2, -0.15) is 0 Å². The minimum absolute atomic E-state index is 0.843. The zero-order valence-electron chi connectivity index (χ0n) is 12.7. The summed E-state index contributed by atoms with van der Waals surface area (Å²) in [5, 5.41) is 3.82. The minimum atomic E-state index is -1.66. The van der Waals surface area contributed by atoms with Crippen molar-refractivity contribution in [1.82, 2.24) is 0 Å². The Morgan fingerprint density at radius 3 is 2.05 bits per heavy atom. The molecule has 0 N–H and O–H groups in total. The third-order valence-electron chi connectivity index (χ3n) is 4.75. The summed E-state index contributed by atoms with van der Waals surface area (Å²) < 4.78 is 0. The first-order chi connectivity index (χ1) is 10.6. The highest BCUT2D eigenvalue weighted by atomic mass is 35.5. The van der Waals surface area contributed by atoms with Crippen LogP contribution in [0.25, 0.3) is 22.3 Å². The van der Waals surface area contributed by atoms with Crippen molar-refractivity contribution in [1.29, 1.82) is 0 Å². The van der Waals surface area contributed by atoms with Crippen LogP contribution in [0.4, 0.5) is 0 Å². The van der Waals surface area contributed by atoms with E-state index in [1.807, 2.05) is 6.07 Å². The van der Waals surface area contributed by atoms with Gasteiger partial charge < -0.3 is 0 Å². The molecule has 0 saturated heterocycles. The molecule has 0 radical (unpaired) electrons. The van der Waals surface area contributed by atoms with Crippen LogP contribution in [-0.4, -0.2) is 8.07 Å². The van der Waals surface area contributed by atoms with Crippen LogP contribution in [0.3, 0.4) is 0 Å². The van der Waals surface area contributed by atoms with Crippen LogP contribution in [0, 0.1) is 0 Å². The highest BCUT2D eigenvalue weighted by molar-refractivity contribution is 7.03. The quantitative estimate of drug-likeness (QED) is 0.564. The normalized spacial score (nSPS) is 14.5. The molecule has 0 spiro atoms. The molecule has 1 heterocycles. The fraction of sp³-hybridized carbons (Fsp3) is 0.100. The fourth-order valence-electron chi connectivity index (χ4n) is 3.52. The van der Waals surface area contributed by atoms with Crippen LogP contribution in [0.1, 0.15) is 0 Å². The molecular formula is C20H17ClSi. The average Bonchev–Trinajstić information content (AvgIpc) is 2.76. The second-order valence-electron chi connectivity index (χ2n) is 6.44. The number of rotatable bonds is 1. The van der Waals surface area contributed by atoms with Crippen molar-refractivity contribution >= 4 is 30.0 Å². The zero-order chi connectivity index (χ0) is 15.3. The highest BCUT2D eigenvalue weighted by Gasteiger charge is 2.37. The molecule has 0 nitrogen and oxygen atoms in total. The Bertz CT molecular complexity index is 866. The van der Waals surface area contributed by atoms with Crippen molar-refractivity contribution in [3.63, 3.8) is 0 Å². The van der Waals surface area contributed by atoms with E-state index < -0.39 is 8.07 Å². The third-order valence-corrected chi connectivity index (χ3v) is 8.50. The monoisotopic (exact) mass is 320 g/mol. The lowest BCUT2D eigenvalue weighted by Crippen LogP contribution is -2.49. The van der Waals surface area contributed by atoms with Gasteiger partial charge in [-0.25, -0.2) is 0 Å². The van der Waals surface area contributed by atoms with Gasteiger partial charge >= 0.3 is 0 Å². The summed E-state index contributed by atoms with van der Waals surface area (Å²) in [4.78, 5) is 0. The van der Waals surface area contributed by atoms with Gasteiger partial charge in [0.05, 0.1) is 0 Å². The summed E-state index contributed by atoms with van der Waals surface area (Å²) in [7, 11) is -1.66. The molecule has 1 aliphatic rings. The smallest absolute Gasteiger partial charge is 0.0843 e. The van der Waals surface area contributed by atoms with Crippen molar-refractivity contribution in [2.24, 2.45) is 0 Å². The molecule has 3 aromatic carbocycles. The molecular weight excluding hydrogens is 304 g/mol. The number of hydrogen-bond donors (Lipinski definition) is 0. The summed E-state index contributed by atoms with van der Waals surface area (Å²) >= 11 is 6.24. The molecule has 0 atom stereocenters. The van der Waals surface area contributed by atoms with Crippen LogP contribution in [0.5, 0.6) is 0 Å². The Hall–Kier alpha value is -1.83. The molecule has 3 aromatic rings. The lowest BCUT2D eigenvalue weighted by atomic mass is 10.0. The van der Waals surface area contributed by atoms with Crippen LogP contribution in [0.2, 0.25) is 18.1 Å². The lowest BCUT2D eigenvalue weighted by Gasteiger charge is -2.19. The van der Waals surface area contributed by atoms with Crippen molar-refractivity contribution in [2.45, 2.75) is 13.1 Å². The number of hydrogen-bond acceptors (Lipinski definition) is 0. The molecule has 1 aliphatic heterocycles. The SMILES string of the molecule is C[Si]1(C)c2cc(Cl)ccc2-c2ccc(-c3ccccc3)cc21. The average molecular weight is 321 g/mol.